The van der Waals surface area contributed by atoms with Crippen LogP contribution < -0.4 is 0 Å². The summed E-state index contributed by atoms with van der Waals surface area (Å²) in [5.41, 5.74) is 3.35. The second-order valence-electron chi connectivity index (χ2n) is 5.12. The van der Waals surface area contributed by atoms with Gasteiger partial charge in [0.25, 0.3) is 0 Å². The number of allylic oxidation sites excluding steroid dienone is 2. The molecule has 0 N–H and O–H groups in total. The minimum Gasteiger partial charge on any atom is -0.369 e. The fraction of sp³-hybridized carbons (Fsp3) is 0.846. The minimum absolute atomic E-state index is 0.785. The number of hydrogen-bond acceptors (Lipinski definition) is 1. The van der Waals surface area contributed by atoms with Crippen LogP contribution in [0.4, 0.5) is 0 Å². The third-order valence-electron chi connectivity index (χ3n) is 3.97. The van der Waals surface area contributed by atoms with E-state index in [2.05, 4.69) is 25.7 Å². The van der Waals surface area contributed by atoms with Gasteiger partial charge in [0.15, 0.2) is 0 Å². The van der Waals surface area contributed by atoms with E-state index in [1.165, 1.54) is 38.5 Å². The Kier molecular flexibility index (Phi) is 2.85. The summed E-state index contributed by atoms with van der Waals surface area (Å²) in [5, 5.41) is 0. The Morgan fingerprint density at radius 1 is 1.00 bits per heavy atom. The van der Waals surface area contributed by atoms with Gasteiger partial charge in [0.1, 0.15) is 0 Å². The van der Waals surface area contributed by atoms with E-state index in [0.717, 1.165) is 12.1 Å². The van der Waals surface area contributed by atoms with Gasteiger partial charge in [-0.1, -0.05) is 5.57 Å². The SMILES string of the molecule is CC1=C(N2[C@H](C)CC[C@H]2C)CCCC1. The van der Waals surface area contributed by atoms with Gasteiger partial charge in [0.05, 0.1) is 0 Å². The highest BCUT2D eigenvalue weighted by molar-refractivity contribution is 5.16. The van der Waals surface area contributed by atoms with E-state index < -0.39 is 0 Å². The lowest BCUT2D eigenvalue weighted by Crippen LogP contribution is -2.33. The zero-order valence-corrected chi connectivity index (χ0v) is 9.84. The van der Waals surface area contributed by atoms with Crippen LogP contribution in [0, 0.1) is 0 Å². The maximum absolute atomic E-state index is 2.70. The van der Waals surface area contributed by atoms with Crippen LogP contribution in [0.3, 0.4) is 0 Å². The van der Waals surface area contributed by atoms with E-state index in [-0.39, 0.29) is 0 Å². The number of nitrogens with zero attached hydrogens (tertiary/aromatic N) is 1. The third kappa shape index (κ3) is 1.69. The number of likely N-dealkylation sites (tertiary alicyclic amines) is 1. The summed E-state index contributed by atoms with van der Waals surface area (Å²) in [6.45, 7) is 7.11. The van der Waals surface area contributed by atoms with Gasteiger partial charge >= 0.3 is 0 Å². The standard InChI is InChI=1S/C13H23N/c1-10-6-4-5-7-13(10)14-11(2)8-9-12(14)3/h11-12H,4-9H2,1-3H3/t11-,12-/m1/s1. The van der Waals surface area contributed by atoms with Crippen molar-refractivity contribution in [2.45, 2.75) is 71.4 Å². The smallest absolute Gasteiger partial charge is 0.0262 e. The monoisotopic (exact) mass is 193 g/mol. The zero-order chi connectivity index (χ0) is 10.1. The molecule has 0 aromatic rings. The average molecular weight is 193 g/mol. The average Bonchev–Trinajstić information content (AvgIpc) is 2.48. The van der Waals surface area contributed by atoms with Gasteiger partial charge in [0, 0.05) is 17.8 Å². The van der Waals surface area contributed by atoms with E-state index in [1.807, 2.05) is 0 Å². The van der Waals surface area contributed by atoms with Crippen LogP contribution in [0.5, 0.6) is 0 Å². The Labute approximate surface area is 88.2 Å². The lowest BCUT2D eigenvalue weighted by molar-refractivity contribution is 0.257. The van der Waals surface area contributed by atoms with Crippen LogP contribution in [0.1, 0.15) is 59.3 Å². The first kappa shape index (κ1) is 10.1. The van der Waals surface area contributed by atoms with E-state index in [1.54, 1.807) is 11.3 Å². The molecule has 80 valence electrons. The second-order valence-corrected chi connectivity index (χ2v) is 5.12. The molecule has 0 radical (unpaired) electrons. The predicted octanol–water partition coefficient (Wildman–Crippen LogP) is 3.71. The molecule has 0 saturated carbocycles. The highest BCUT2D eigenvalue weighted by Crippen LogP contribution is 2.35. The molecule has 0 aromatic carbocycles. The molecule has 1 fully saturated rings. The molecule has 1 aliphatic carbocycles. The van der Waals surface area contributed by atoms with Crippen molar-refractivity contribution in [1.82, 2.24) is 4.90 Å². The van der Waals surface area contributed by atoms with Crippen LogP contribution in [0.2, 0.25) is 0 Å². The molecule has 14 heavy (non-hydrogen) atoms. The molecule has 2 rings (SSSR count). The molecular weight excluding hydrogens is 170 g/mol. The van der Waals surface area contributed by atoms with Crippen molar-refractivity contribution in [3.8, 4) is 0 Å². The Morgan fingerprint density at radius 3 is 2.14 bits per heavy atom. The maximum Gasteiger partial charge on any atom is 0.0262 e. The molecule has 1 aliphatic heterocycles. The molecule has 0 unspecified atom stereocenters. The van der Waals surface area contributed by atoms with Gasteiger partial charge in [-0.15, -0.1) is 0 Å². The third-order valence-corrected chi connectivity index (χ3v) is 3.97. The Morgan fingerprint density at radius 2 is 1.57 bits per heavy atom. The minimum atomic E-state index is 0.785. The lowest BCUT2D eigenvalue weighted by Gasteiger charge is -2.35. The largest absolute Gasteiger partial charge is 0.369 e. The molecular formula is C13H23N. The fourth-order valence-corrected chi connectivity index (χ4v) is 3.12. The van der Waals surface area contributed by atoms with E-state index >= 15 is 0 Å². The van der Waals surface area contributed by atoms with Gasteiger partial charge in [-0.05, 0) is 59.3 Å². The predicted molar refractivity (Wildman–Crippen MR) is 61.2 cm³/mol. The van der Waals surface area contributed by atoms with Crippen LogP contribution in [0.25, 0.3) is 0 Å². The molecule has 0 amide bonds. The molecule has 0 spiro atoms. The van der Waals surface area contributed by atoms with Crippen molar-refractivity contribution in [1.29, 1.82) is 0 Å². The molecule has 1 saturated heterocycles. The Balaban J connectivity index is 2.20. The molecule has 1 heterocycles. The maximum atomic E-state index is 2.70. The van der Waals surface area contributed by atoms with Crippen LogP contribution >= 0.6 is 0 Å². The van der Waals surface area contributed by atoms with E-state index in [0.29, 0.717) is 0 Å². The molecule has 1 heteroatoms. The van der Waals surface area contributed by atoms with Crippen molar-refractivity contribution in [3.63, 3.8) is 0 Å². The second kappa shape index (κ2) is 3.96. The van der Waals surface area contributed by atoms with E-state index in [4.69, 9.17) is 0 Å². The zero-order valence-electron chi connectivity index (χ0n) is 9.84. The quantitative estimate of drug-likeness (QED) is 0.613. The molecule has 1 nitrogen and oxygen atoms in total. The summed E-state index contributed by atoms with van der Waals surface area (Å²) < 4.78 is 0. The molecule has 2 atom stereocenters. The topological polar surface area (TPSA) is 3.24 Å². The lowest BCUT2D eigenvalue weighted by atomic mass is 9.96. The van der Waals surface area contributed by atoms with Gasteiger partial charge in [-0.2, -0.15) is 0 Å². The summed E-state index contributed by atoms with van der Waals surface area (Å²) >= 11 is 0. The van der Waals surface area contributed by atoms with Crippen molar-refractivity contribution < 1.29 is 0 Å². The summed E-state index contributed by atoms with van der Waals surface area (Å²) in [7, 11) is 0. The highest BCUT2D eigenvalue weighted by atomic mass is 15.2. The molecule has 2 aliphatic rings. The highest BCUT2D eigenvalue weighted by Gasteiger charge is 2.30. The van der Waals surface area contributed by atoms with Crippen LogP contribution in [0.15, 0.2) is 11.3 Å². The fourth-order valence-electron chi connectivity index (χ4n) is 3.12. The van der Waals surface area contributed by atoms with Crippen molar-refractivity contribution in [2.75, 3.05) is 0 Å². The van der Waals surface area contributed by atoms with Gasteiger partial charge in [-0.25, -0.2) is 0 Å². The van der Waals surface area contributed by atoms with Gasteiger partial charge in [0.2, 0.25) is 0 Å². The first-order chi connectivity index (χ1) is 6.70. The van der Waals surface area contributed by atoms with Gasteiger partial charge in [-0.3, -0.25) is 0 Å². The van der Waals surface area contributed by atoms with Crippen molar-refractivity contribution in [3.05, 3.63) is 11.3 Å². The first-order valence-corrected chi connectivity index (χ1v) is 6.17. The Hall–Kier alpha value is -0.460. The molecule has 0 bridgehead atoms. The normalized spacial score (nSPS) is 34.1. The number of rotatable bonds is 1. The summed E-state index contributed by atoms with van der Waals surface area (Å²) in [5.74, 6) is 0. The molecule has 0 aromatic heterocycles. The number of hydrogen-bond donors (Lipinski definition) is 0. The summed E-state index contributed by atoms with van der Waals surface area (Å²) in [6.07, 6.45) is 8.26. The van der Waals surface area contributed by atoms with Gasteiger partial charge < -0.3 is 4.90 Å². The Bertz CT molecular complexity index is 232. The van der Waals surface area contributed by atoms with Crippen LogP contribution in [-0.2, 0) is 0 Å². The van der Waals surface area contributed by atoms with Crippen molar-refractivity contribution >= 4 is 0 Å². The first-order valence-electron chi connectivity index (χ1n) is 6.17. The van der Waals surface area contributed by atoms with Crippen LogP contribution in [-0.4, -0.2) is 17.0 Å². The summed E-state index contributed by atoms with van der Waals surface area (Å²) in [4.78, 5) is 2.70. The van der Waals surface area contributed by atoms with E-state index in [9.17, 15) is 0 Å². The van der Waals surface area contributed by atoms with Crippen molar-refractivity contribution in [2.24, 2.45) is 0 Å². The summed E-state index contributed by atoms with van der Waals surface area (Å²) in [6, 6.07) is 1.57.